The van der Waals surface area contributed by atoms with E-state index >= 15 is 0 Å². The molecule has 0 radical (unpaired) electrons. The van der Waals surface area contributed by atoms with Crippen LogP contribution in [0.15, 0.2) is 87.9 Å². The number of non-ortho nitro benzene ring substituents is 1. The number of aromatic nitrogens is 3. The second-order valence-electron chi connectivity index (χ2n) is 7.20. The lowest BCUT2D eigenvalue weighted by atomic mass is 10.2. The van der Waals surface area contributed by atoms with Crippen LogP contribution in [0.25, 0.3) is 11.4 Å². The van der Waals surface area contributed by atoms with Crippen molar-refractivity contribution in [2.75, 3.05) is 0 Å². The van der Waals surface area contributed by atoms with E-state index in [9.17, 15) is 14.9 Å². The van der Waals surface area contributed by atoms with Gasteiger partial charge in [0.05, 0.1) is 11.1 Å². The fraction of sp³-hybridized carbons (Fsp3) is 0.0833. The van der Waals surface area contributed by atoms with Crippen molar-refractivity contribution in [3.05, 3.63) is 99.1 Å². The topological polar surface area (TPSA) is 115 Å². The van der Waals surface area contributed by atoms with E-state index in [1.54, 1.807) is 30.3 Å². The predicted octanol–water partition coefficient (Wildman–Crippen LogP) is 5.44. The van der Waals surface area contributed by atoms with E-state index in [0.29, 0.717) is 32.7 Å². The number of hydrogen-bond donors (Lipinski definition) is 1. The summed E-state index contributed by atoms with van der Waals surface area (Å²) in [6.45, 7) is 2.62. The van der Waals surface area contributed by atoms with Crippen LogP contribution in [0.3, 0.4) is 0 Å². The molecule has 0 aliphatic heterocycles. The standard InChI is InChI=1S/C24H19ClN6O3S/c1-2-30-22(16-6-4-3-5-7-16)27-29-24(30)35-21-13-12-20(31(33)34)14-18(21)15-26-28-23(32)17-8-10-19(25)11-9-17/h3-15H,2H2,1H3,(H,28,32)/b26-15-. The van der Waals surface area contributed by atoms with Gasteiger partial charge in [0, 0.05) is 45.3 Å². The van der Waals surface area contributed by atoms with Crippen molar-refractivity contribution in [1.29, 1.82) is 0 Å². The first-order chi connectivity index (χ1) is 17.0. The normalized spacial score (nSPS) is 11.0. The first-order valence-corrected chi connectivity index (χ1v) is 11.7. The summed E-state index contributed by atoms with van der Waals surface area (Å²) in [5.74, 6) is 0.290. The van der Waals surface area contributed by atoms with Gasteiger partial charge in [0.15, 0.2) is 11.0 Å². The largest absolute Gasteiger partial charge is 0.302 e. The summed E-state index contributed by atoms with van der Waals surface area (Å²) in [5, 5.41) is 25.1. The second-order valence-corrected chi connectivity index (χ2v) is 8.65. The SMILES string of the molecule is CCn1c(Sc2ccc([N+](=O)[O-])cc2/C=N\NC(=O)c2ccc(Cl)cc2)nnc1-c1ccccc1. The van der Waals surface area contributed by atoms with Crippen LogP contribution in [-0.4, -0.2) is 31.8 Å². The highest BCUT2D eigenvalue weighted by Crippen LogP contribution is 2.33. The Morgan fingerprint density at radius 1 is 1.14 bits per heavy atom. The van der Waals surface area contributed by atoms with Gasteiger partial charge in [-0.25, -0.2) is 5.43 Å². The lowest BCUT2D eigenvalue weighted by Crippen LogP contribution is -2.17. The van der Waals surface area contributed by atoms with Crippen LogP contribution >= 0.6 is 23.4 Å². The quantitative estimate of drug-likeness (QED) is 0.193. The minimum atomic E-state index is -0.486. The molecule has 1 N–H and O–H groups in total. The third-order valence-corrected chi connectivity index (χ3v) is 6.27. The van der Waals surface area contributed by atoms with Crippen molar-refractivity contribution in [2.24, 2.45) is 5.10 Å². The molecular weight excluding hydrogens is 488 g/mol. The van der Waals surface area contributed by atoms with Gasteiger partial charge in [-0.05, 0) is 49.0 Å². The summed E-state index contributed by atoms with van der Waals surface area (Å²) in [6, 6.07) is 20.5. The zero-order valence-electron chi connectivity index (χ0n) is 18.5. The smallest absolute Gasteiger partial charge is 0.271 e. The van der Waals surface area contributed by atoms with Gasteiger partial charge in [-0.2, -0.15) is 5.10 Å². The summed E-state index contributed by atoms with van der Waals surface area (Å²) in [5.41, 5.74) is 4.10. The molecule has 1 amide bonds. The van der Waals surface area contributed by atoms with Crippen LogP contribution < -0.4 is 5.43 Å². The molecule has 3 aromatic carbocycles. The lowest BCUT2D eigenvalue weighted by Gasteiger charge is -2.09. The van der Waals surface area contributed by atoms with E-state index in [1.165, 1.54) is 30.1 Å². The van der Waals surface area contributed by atoms with Crippen LogP contribution in [0, 0.1) is 10.1 Å². The number of nitrogens with one attached hydrogen (secondary N) is 1. The Labute approximate surface area is 210 Å². The monoisotopic (exact) mass is 506 g/mol. The van der Waals surface area contributed by atoms with Gasteiger partial charge < -0.3 is 4.57 Å². The third kappa shape index (κ3) is 5.73. The fourth-order valence-corrected chi connectivity index (χ4v) is 4.31. The van der Waals surface area contributed by atoms with Crippen LogP contribution in [0.2, 0.25) is 5.02 Å². The molecule has 0 atom stereocenters. The Morgan fingerprint density at radius 3 is 2.57 bits per heavy atom. The molecule has 4 rings (SSSR count). The first-order valence-electron chi connectivity index (χ1n) is 10.5. The number of hydrogen-bond acceptors (Lipinski definition) is 7. The van der Waals surface area contributed by atoms with Crippen molar-refractivity contribution in [2.45, 2.75) is 23.5 Å². The van der Waals surface area contributed by atoms with Gasteiger partial charge >= 0.3 is 0 Å². The van der Waals surface area contributed by atoms with Crippen LogP contribution in [0.1, 0.15) is 22.8 Å². The Bertz CT molecular complexity index is 1390. The Kier molecular flexibility index (Phi) is 7.54. The molecule has 4 aromatic rings. The molecule has 11 heteroatoms. The molecule has 0 saturated heterocycles. The highest BCUT2D eigenvalue weighted by atomic mass is 35.5. The van der Waals surface area contributed by atoms with E-state index in [1.807, 2.05) is 41.8 Å². The summed E-state index contributed by atoms with van der Waals surface area (Å²) < 4.78 is 1.96. The summed E-state index contributed by atoms with van der Waals surface area (Å²) in [6.07, 6.45) is 1.37. The predicted molar refractivity (Wildman–Crippen MR) is 135 cm³/mol. The average Bonchev–Trinajstić information content (AvgIpc) is 3.28. The number of carbonyl (C=O) groups excluding carboxylic acids is 1. The summed E-state index contributed by atoms with van der Waals surface area (Å²) >= 11 is 7.16. The number of hydrazone groups is 1. The molecule has 0 bridgehead atoms. The zero-order valence-corrected chi connectivity index (χ0v) is 20.0. The maximum Gasteiger partial charge on any atom is 0.271 e. The average molecular weight is 507 g/mol. The molecule has 9 nitrogen and oxygen atoms in total. The Hall–Kier alpha value is -4.02. The minimum absolute atomic E-state index is 0.0956. The van der Waals surface area contributed by atoms with E-state index in [0.717, 1.165) is 11.4 Å². The number of carbonyl (C=O) groups is 1. The number of benzene rings is 3. The van der Waals surface area contributed by atoms with Crippen LogP contribution in [0.5, 0.6) is 0 Å². The van der Waals surface area contributed by atoms with Gasteiger partial charge in [-0.3, -0.25) is 14.9 Å². The first kappa shape index (κ1) is 24.1. The van der Waals surface area contributed by atoms with Gasteiger partial charge in [0.25, 0.3) is 11.6 Å². The lowest BCUT2D eigenvalue weighted by molar-refractivity contribution is -0.384. The van der Waals surface area contributed by atoms with Crippen LogP contribution in [0.4, 0.5) is 5.69 Å². The highest BCUT2D eigenvalue weighted by Gasteiger charge is 2.17. The van der Waals surface area contributed by atoms with Gasteiger partial charge in [-0.15, -0.1) is 10.2 Å². The Balaban J connectivity index is 1.61. The number of nitrogens with zero attached hydrogens (tertiary/aromatic N) is 5. The molecule has 176 valence electrons. The van der Waals surface area contributed by atoms with Crippen molar-refractivity contribution >= 4 is 41.2 Å². The van der Waals surface area contributed by atoms with Gasteiger partial charge in [0.1, 0.15) is 0 Å². The zero-order chi connectivity index (χ0) is 24.8. The van der Waals surface area contributed by atoms with Crippen molar-refractivity contribution in [1.82, 2.24) is 20.2 Å². The number of rotatable bonds is 8. The van der Waals surface area contributed by atoms with E-state index in [4.69, 9.17) is 11.6 Å². The summed E-state index contributed by atoms with van der Waals surface area (Å²) in [7, 11) is 0. The molecule has 1 aromatic heterocycles. The number of nitro groups is 1. The van der Waals surface area contributed by atoms with Crippen molar-refractivity contribution < 1.29 is 9.72 Å². The number of nitro benzene ring substituents is 1. The summed E-state index contributed by atoms with van der Waals surface area (Å²) in [4.78, 5) is 23.8. The molecule has 0 aliphatic rings. The molecule has 0 fully saturated rings. The maximum absolute atomic E-state index is 12.3. The van der Waals surface area contributed by atoms with Crippen LogP contribution in [-0.2, 0) is 6.54 Å². The second kappa shape index (κ2) is 10.9. The molecule has 0 saturated carbocycles. The van der Waals surface area contributed by atoms with E-state index < -0.39 is 10.8 Å². The van der Waals surface area contributed by atoms with Crippen molar-refractivity contribution in [3.63, 3.8) is 0 Å². The van der Waals surface area contributed by atoms with E-state index in [2.05, 4.69) is 20.7 Å². The molecule has 0 unspecified atom stereocenters. The molecule has 0 spiro atoms. The number of halogens is 1. The molecule has 1 heterocycles. The van der Waals surface area contributed by atoms with Gasteiger partial charge in [-0.1, -0.05) is 41.9 Å². The van der Waals surface area contributed by atoms with E-state index in [-0.39, 0.29) is 5.69 Å². The fourth-order valence-electron chi connectivity index (χ4n) is 3.22. The maximum atomic E-state index is 12.3. The Morgan fingerprint density at radius 2 is 1.89 bits per heavy atom. The van der Waals surface area contributed by atoms with Crippen molar-refractivity contribution in [3.8, 4) is 11.4 Å². The molecule has 0 aliphatic carbocycles. The number of amides is 1. The highest BCUT2D eigenvalue weighted by molar-refractivity contribution is 7.99. The third-order valence-electron chi connectivity index (χ3n) is 4.95. The molecule has 35 heavy (non-hydrogen) atoms. The van der Waals surface area contributed by atoms with Gasteiger partial charge in [0.2, 0.25) is 0 Å². The molecular formula is C24H19ClN6O3S. The minimum Gasteiger partial charge on any atom is -0.302 e.